The third-order valence-corrected chi connectivity index (χ3v) is 7.77. The molecule has 0 aliphatic carbocycles. The van der Waals surface area contributed by atoms with Gasteiger partial charge in [0.05, 0.1) is 5.56 Å². The second kappa shape index (κ2) is 12.3. The quantitative estimate of drug-likeness (QED) is 0.147. The summed E-state index contributed by atoms with van der Waals surface area (Å²) in [5.74, 6) is -1.73. The normalized spacial score (nSPS) is 12.6. The molecule has 2 aromatic heterocycles. The Kier molecular flexibility index (Phi) is 8.86. The maximum Gasteiger partial charge on any atom is 0.336 e. The Hall–Kier alpha value is -4.53. The van der Waals surface area contributed by atoms with Gasteiger partial charge in [0.25, 0.3) is 17.0 Å². The molecule has 0 aliphatic rings. The van der Waals surface area contributed by atoms with Crippen LogP contribution in [0.15, 0.2) is 51.0 Å². The van der Waals surface area contributed by atoms with Gasteiger partial charge in [0.2, 0.25) is 0 Å². The Morgan fingerprint density at radius 3 is 2.32 bits per heavy atom. The molecule has 5 aromatic rings. The molecule has 0 aliphatic heterocycles. The number of carbonyl (C=O) groups is 2. The fraction of sp³-hybridized carbons (Fsp3) is 0.344. The summed E-state index contributed by atoms with van der Waals surface area (Å²) in [5, 5.41) is 13.6. The lowest BCUT2D eigenvalue weighted by atomic mass is 9.90. The predicted molar refractivity (Wildman–Crippen MR) is 164 cm³/mol. The van der Waals surface area contributed by atoms with E-state index in [1.165, 1.54) is 18.2 Å². The van der Waals surface area contributed by atoms with Gasteiger partial charge in [0, 0.05) is 44.9 Å². The summed E-state index contributed by atoms with van der Waals surface area (Å²) in [7, 11) is 0. The largest absolute Gasteiger partial charge is 0.478 e. The highest BCUT2D eigenvalue weighted by Crippen LogP contribution is 2.33. The number of carboxylic acid groups (broad SMARTS) is 1. The number of nitrogens with two attached hydrogens (primary N) is 1. The molecule has 0 saturated heterocycles. The fourth-order valence-corrected chi connectivity index (χ4v) is 5.40. The summed E-state index contributed by atoms with van der Waals surface area (Å²) in [6.45, 7) is 8.40. The predicted octanol–water partition coefficient (Wildman–Crippen LogP) is 5.22. The summed E-state index contributed by atoms with van der Waals surface area (Å²) >= 11 is 0. The van der Waals surface area contributed by atoms with E-state index >= 15 is 0 Å². The number of nitrogens with zero attached hydrogens (tertiary/aromatic N) is 1. The van der Waals surface area contributed by atoms with Crippen molar-refractivity contribution in [2.75, 3.05) is 11.9 Å². The van der Waals surface area contributed by atoms with Crippen LogP contribution >= 0.6 is 0 Å². The number of benzene rings is 3. The summed E-state index contributed by atoms with van der Waals surface area (Å²) in [6, 6.07) is 9.81. The third kappa shape index (κ3) is 5.70. The van der Waals surface area contributed by atoms with Crippen molar-refractivity contribution in [1.29, 1.82) is 0 Å². The van der Waals surface area contributed by atoms with Crippen LogP contribution in [0.4, 0.5) is 5.69 Å². The van der Waals surface area contributed by atoms with Crippen molar-refractivity contribution in [3.05, 3.63) is 84.9 Å². The zero-order chi connectivity index (χ0) is 29.8. The number of amidine groups is 1. The Balaban J connectivity index is 2.03. The summed E-state index contributed by atoms with van der Waals surface area (Å²) in [6.07, 6.45) is 4.59. The molecule has 214 valence electrons. The first kappa shape index (κ1) is 29.5. The lowest BCUT2D eigenvalue weighted by Crippen LogP contribution is -2.23. The molecule has 1 atom stereocenters. The summed E-state index contributed by atoms with van der Waals surface area (Å²) < 4.78 is 0. The van der Waals surface area contributed by atoms with Crippen LogP contribution in [0.1, 0.15) is 83.9 Å². The Morgan fingerprint density at radius 1 is 1.02 bits per heavy atom. The number of hydrogen-bond acceptors (Lipinski definition) is 5. The minimum Gasteiger partial charge on any atom is -0.478 e. The molecule has 2 heterocycles. The number of rotatable bonds is 11. The number of fused-ring (bicyclic) bond motifs is 3. The molecule has 5 rings (SSSR count). The van der Waals surface area contributed by atoms with Crippen LogP contribution in [-0.2, 0) is 6.42 Å². The van der Waals surface area contributed by atoms with Gasteiger partial charge in [-0.3, -0.25) is 24.4 Å². The van der Waals surface area contributed by atoms with Crippen LogP contribution in [-0.4, -0.2) is 34.3 Å². The number of nitrogens with one attached hydrogen (secondary N) is 2. The number of aromatic carboxylic acids is 1. The molecule has 0 radical (unpaired) electrons. The van der Waals surface area contributed by atoms with E-state index in [-0.39, 0.29) is 50.0 Å². The van der Waals surface area contributed by atoms with Crippen LogP contribution in [0.2, 0.25) is 0 Å². The molecule has 3 aromatic carbocycles. The lowest BCUT2D eigenvalue weighted by molar-refractivity contribution is 0.0697. The maximum absolute atomic E-state index is 13.9. The van der Waals surface area contributed by atoms with Gasteiger partial charge in [-0.15, -0.1) is 0 Å². The monoisotopic (exact) mass is 556 g/mol. The second-order valence-electron chi connectivity index (χ2n) is 10.4. The topological polar surface area (TPSA) is 155 Å². The number of carboxylic acids is 1. The van der Waals surface area contributed by atoms with Crippen molar-refractivity contribution in [3.8, 4) is 0 Å². The Labute approximate surface area is 237 Å². The van der Waals surface area contributed by atoms with Crippen molar-refractivity contribution in [2.24, 2.45) is 16.6 Å². The van der Waals surface area contributed by atoms with Crippen molar-refractivity contribution < 1.29 is 14.7 Å². The molecule has 0 saturated carbocycles. The lowest BCUT2D eigenvalue weighted by Gasteiger charge is -2.18. The number of amides is 1. The van der Waals surface area contributed by atoms with Gasteiger partial charge in [0.1, 0.15) is 5.84 Å². The molecule has 1 unspecified atom stereocenters. The number of carbonyl (C=O) groups excluding carboxylic acids is 1. The minimum atomic E-state index is -1.33. The van der Waals surface area contributed by atoms with Crippen LogP contribution in [0, 0.1) is 12.8 Å². The number of hydrogen-bond donors (Lipinski definition) is 4. The molecule has 5 N–H and O–H groups in total. The summed E-state index contributed by atoms with van der Waals surface area (Å²) in [4.78, 5) is 59.5. The second-order valence-corrected chi connectivity index (χ2v) is 10.4. The van der Waals surface area contributed by atoms with Crippen LogP contribution in [0.3, 0.4) is 0 Å². The van der Waals surface area contributed by atoms with Crippen molar-refractivity contribution >= 4 is 44.9 Å². The number of unbranched alkanes of at least 4 members (excludes halogenated alkanes) is 1. The van der Waals surface area contributed by atoms with Crippen molar-refractivity contribution in [1.82, 2.24) is 4.98 Å². The fourth-order valence-electron chi connectivity index (χ4n) is 5.40. The number of aryl methyl sites for hydroxylation is 2. The number of anilines is 1. The average molecular weight is 557 g/mol. The van der Waals surface area contributed by atoms with Crippen molar-refractivity contribution in [2.45, 2.75) is 59.8 Å². The number of H-pyrrole nitrogens is 1. The first-order valence-electron chi connectivity index (χ1n) is 14.1. The van der Waals surface area contributed by atoms with E-state index in [4.69, 9.17) is 5.73 Å². The van der Waals surface area contributed by atoms with Gasteiger partial charge >= 0.3 is 5.97 Å². The molecule has 1 amide bonds. The van der Waals surface area contributed by atoms with Gasteiger partial charge < -0.3 is 16.2 Å². The first-order valence-corrected chi connectivity index (χ1v) is 14.1. The van der Waals surface area contributed by atoms with E-state index in [2.05, 4.69) is 29.1 Å². The van der Waals surface area contributed by atoms with Crippen LogP contribution < -0.4 is 22.2 Å². The number of aromatic nitrogens is 1. The van der Waals surface area contributed by atoms with Gasteiger partial charge in [-0.05, 0) is 55.0 Å². The molecule has 0 spiro atoms. The van der Waals surface area contributed by atoms with Crippen LogP contribution in [0.25, 0.3) is 21.5 Å². The van der Waals surface area contributed by atoms with E-state index in [1.54, 1.807) is 0 Å². The SMILES string of the molecule is CCCCC(CC)CN=C(N)c1c(C(=O)O)cc(C(=O)Nc2c(C)cccc2CC)c2c3ccc(c(=O)[nH]c3=O)c12. The number of aromatic amines is 1. The van der Waals surface area contributed by atoms with Crippen LogP contribution in [0.5, 0.6) is 0 Å². The Bertz CT molecular complexity index is 1770. The van der Waals surface area contributed by atoms with E-state index in [9.17, 15) is 24.3 Å². The number of aliphatic imine (C=N–C) groups is 1. The highest BCUT2D eigenvalue weighted by molar-refractivity contribution is 6.28. The minimum absolute atomic E-state index is 0.0289. The highest BCUT2D eigenvalue weighted by Gasteiger charge is 2.27. The van der Waals surface area contributed by atoms with E-state index in [0.717, 1.165) is 36.8 Å². The Morgan fingerprint density at radius 2 is 1.71 bits per heavy atom. The third-order valence-electron chi connectivity index (χ3n) is 7.77. The molecule has 9 nitrogen and oxygen atoms in total. The highest BCUT2D eigenvalue weighted by atomic mass is 16.4. The van der Waals surface area contributed by atoms with Gasteiger partial charge in [-0.25, -0.2) is 4.79 Å². The zero-order valence-electron chi connectivity index (χ0n) is 23.9. The molecular formula is C32H36N4O5. The molecule has 41 heavy (non-hydrogen) atoms. The molecule has 0 fully saturated rings. The molecular weight excluding hydrogens is 520 g/mol. The smallest absolute Gasteiger partial charge is 0.336 e. The molecule has 2 bridgehead atoms. The van der Waals surface area contributed by atoms with Gasteiger partial charge in [-0.1, -0.05) is 58.2 Å². The van der Waals surface area contributed by atoms with Crippen molar-refractivity contribution in [3.63, 3.8) is 0 Å². The van der Waals surface area contributed by atoms with E-state index in [0.29, 0.717) is 18.7 Å². The van der Waals surface area contributed by atoms with E-state index < -0.39 is 23.0 Å². The maximum atomic E-state index is 13.9. The standard InChI is InChI=1S/C32H36N4O5/c1-5-8-11-18(6-2)16-34-28(33)26-23(32(40)41)15-22(31(39)35-27-17(4)10-9-12-19(27)7-3)24-20-13-14-21(25(24)26)30(38)36-29(20)37/h9-10,12-15,18H,5-8,11,16H2,1-4H3,(H2,33,34)(H,35,39)(H,40,41)(H,36,37,38). The van der Waals surface area contributed by atoms with Gasteiger partial charge in [0.15, 0.2) is 0 Å². The first-order chi connectivity index (χ1) is 19.6. The average Bonchev–Trinajstić information content (AvgIpc) is 3.16. The molecule has 9 heteroatoms. The zero-order valence-corrected chi connectivity index (χ0v) is 23.9. The van der Waals surface area contributed by atoms with E-state index in [1.807, 2.05) is 32.0 Å². The van der Waals surface area contributed by atoms with Gasteiger partial charge in [-0.2, -0.15) is 0 Å². The number of para-hydroxylation sites is 1. The summed E-state index contributed by atoms with van der Waals surface area (Å²) in [5.41, 5.74) is 7.15.